The summed E-state index contributed by atoms with van der Waals surface area (Å²) in [7, 11) is 1.29. The summed E-state index contributed by atoms with van der Waals surface area (Å²) >= 11 is 0. The maximum atomic E-state index is 13.5. The van der Waals surface area contributed by atoms with Gasteiger partial charge in [0.25, 0.3) is 0 Å². The van der Waals surface area contributed by atoms with Crippen LogP contribution in [0, 0.1) is 39.2 Å². The largest absolute Gasteiger partial charge is 0.318 e. The second-order valence-corrected chi connectivity index (χ2v) is 4.47. The summed E-state index contributed by atoms with van der Waals surface area (Å²) in [4.78, 5) is 21.7. The molecular weight excluding hydrogens is 341 g/mol. The van der Waals surface area contributed by atoms with E-state index in [9.17, 15) is 36.9 Å². The van der Waals surface area contributed by atoms with Gasteiger partial charge in [-0.05, 0) is 12.2 Å². The Morgan fingerprint density at radius 1 is 1.12 bits per heavy atom. The van der Waals surface area contributed by atoms with E-state index in [4.69, 9.17) is 0 Å². The van der Waals surface area contributed by atoms with Crippen LogP contribution >= 0.6 is 0 Å². The van der Waals surface area contributed by atoms with E-state index in [1.807, 2.05) is 0 Å². The van der Waals surface area contributed by atoms with E-state index in [0.29, 0.717) is 12.2 Å². The predicted molar refractivity (Wildman–Crippen MR) is 69.5 cm³/mol. The molecule has 0 unspecified atom stereocenters. The topological polar surface area (TPSA) is 78.0 Å². The third-order valence-corrected chi connectivity index (χ3v) is 2.88. The molecule has 0 atom stereocenters. The molecule has 24 heavy (non-hydrogen) atoms. The number of ketones is 1. The molecule has 0 fully saturated rings. The SMILES string of the molecule is Cn1cc([N+](=O)[O-])c(C(=O)/C=C/c2c(F)c(F)c(F)c(F)c2F)n1. The summed E-state index contributed by atoms with van der Waals surface area (Å²) < 4.78 is 66.8. The maximum absolute atomic E-state index is 13.5. The molecular formula is C13H6F5N3O3. The Hall–Kier alpha value is -3.11. The van der Waals surface area contributed by atoms with Gasteiger partial charge >= 0.3 is 5.69 Å². The summed E-state index contributed by atoms with van der Waals surface area (Å²) in [5.74, 6) is -12.1. The van der Waals surface area contributed by atoms with E-state index in [1.54, 1.807) is 0 Å². The van der Waals surface area contributed by atoms with E-state index < -0.39 is 56.7 Å². The molecule has 126 valence electrons. The normalized spacial score (nSPS) is 11.2. The van der Waals surface area contributed by atoms with Gasteiger partial charge in [-0.15, -0.1) is 0 Å². The number of aryl methyl sites for hydroxylation is 1. The van der Waals surface area contributed by atoms with Crippen molar-refractivity contribution >= 4 is 17.5 Å². The summed E-state index contributed by atoms with van der Waals surface area (Å²) in [6.45, 7) is 0. The number of benzene rings is 1. The van der Waals surface area contributed by atoms with Crippen molar-refractivity contribution in [1.82, 2.24) is 9.78 Å². The van der Waals surface area contributed by atoms with Crippen molar-refractivity contribution in [2.24, 2.45) is 7.05 Å². The lowest BCUT2D eigenvalue weighted by Gasteiger charge is -2.03. The van der Waals surface area contributed by atoms with Crippen LogP contribution in [0.5, 0.6) is 0 Å². The van der Waals surface area contributed by atoms with Crippen LogP contribution in [0.1, 0.15) is 16.1 Å². The second-order valence-electron chi connectivity index (χ2n) is 4.47. The molecule has 0 aliphatic rings. The number of hydrogen-bond acceptors (Lipinski definition) is 4. The molecule has 0 saturated heterocycles. The lowest BCUT2D eigenvalue weighted by Crippen LogP contribution is -2.05. The number of nitro groups is 1. The minimum absolute atomic E-state index is 0.330. The fourth-order valence-corrected chi connectivity index (χ4v) is 1.79. The number of rotatable bonds is 4. The Balaban J connectivity index is 2.46. The number of nitrogens with zero attached hydrogens (tertiary/aromatic N) is 3. The third-order valence-electron chi connectivity index (χ3n) is 2.88. The average Bonchev–Trinajstić information content (AvgIpc) is 2.93. The van der Waals surface area contributed by atoms with Gasteiger partial charge in [0.1, 0.15) is 6.20 Å². The van der Waals surface area contributed by atoms with Crippen LogP contribution < -0.4 is 0 Å². The van der Waals surface area contributed by atoms with Gasteiger partial charge in [-0.2, -0.15) is 5.10 Å². The summed E-state index contributed by atoms with van der Waals surface area (Å²) in [6.07, 6.45) is 1.67. The van der Waals surface area contributed by atoms with Crippen molar-refractivity contribution in [2.75, 3.05) is 0 Å². The van der Waals surface area contributed by atoms with Crippen molar-refractivity contribution < 1.29 is 31.7 Å². The summed E-state index contributed by atoms with van der Waals surface area (Å²) in [6, 6.07) is 0. The maximum Gasteiger partial charge on any atom is 0.318 e. The average molecular weight is 347 g/mol. The highest BCUT2D eigenvalue weighted by Crippen LogP contribution is 2.24. The molecule has 0 aliphatic carbocycles. The van der Waals surface area contributed by atoms with Gasteiger partial charge in [0.2, 0.25) is 17.3 Å². The molecule has 0 bridgehead atoms. The Labute approximate surface area is 130 Å². The Morgan fingerprint density at radius 2 is 1.62 bits per heavy atom. The first-order valence-corrected chi connectivity index (χ1v) is 6.07. The fourth-order valence-electron chi connectivity index (χ4n) is 1.79. The van der Waals surface area contributed by atoms with E-state index in [0.717, 1.165) is 10.9 Å². The van der Waals surface area contributed by atoms with Gasteiger partial charge in [-0.1, -0.05) is 0 Å². The summed E-state index contributed by atoms with van der Waals surface area (Å²) in [5.41, 5.74) is -2.68. The predicted octanol–water partition coefficient (Wildman–Crippen LogP) is 2.92. The number of aromatic nitrogens is 2. The van der Waals surface area contributed by atoms with Crippen LogP contribution in [-0.2, 0) is 7.05 Å². The zero-order chi connectivity index (χ0) is 18.2. The van der Waals surface area contributed by atoms with Crippen molar-refractivity contribution in [3.05, 3.63) is 62.7 Å². The van der Waals surface area contributed by atoms with E-state index in [-0.39, 0.29) is 0 Å². The van der Waals surface area contributed by atoms with E-state index in [2.05, 4.69) is 5.10 Å². The Bertz CT molecular complexity index is 862. The Kier molecular flexibility index (Phi) is 4.44. The molecule has 1 aromatic carbocycles. The van der Waals surface area contributed by atoms with Crippen molar-refractivity contribution in [3.63, 3.8) is 0 Å². The quantitative estimate of drug-likeness (QED) is 0.162. The summed E-state index contributed by atoms with van der Waals surface area (Å²) in [5, 5.41) is 14.3. The number of hydrogen-bond donors (Lipinski definition) is 0. The molecule has 0 saturated carbocycles. The first-order valence-electron chi connectivity index (χ1n) is 6.07. The number of carbonyl (C=O) groups is 1. The second kappa shape index (κ2) is 6.18. The first kappa shape index (κ1) is 17.2. The van der Waals surface area contributed by atoms with Gasteiger partial charge in [-0.25, -0.2) is 22.0 Å². The van der Waals surface area contributed by atoms with Crippen LogP contribution in [0.4, 0.5) is 27.6 Å². The van der Waals surface area contributed by atoms with Crippen molar-refractivity contribution in [1.29, 1.82) is 0 Å². The smallest absolute Gasteiger partial charge is 0.287 e. The Morgan fingerprint density at radius 3 is 2.12 bits per heavy atom. The third kappa shape index (κ3) is 2.87. The van der Waals surface area contributed by atoms with Gasteiger partial charge in [0.15, 0.2) is 23.3 Å². The molecule has 0 radical (unpaired) electrons. The zero-order valence-electron chi connectivity index (χ0n) is 11.7. The molecule has 0 amide bonds. The van der Waals surface area contributed by atoms with Crippen LogP contribution in [0.2, 0.25) is 0 Å². The minimum Gasteiger partial charge on any atom is -0.287 e. The van der Waals surface area contributed by atoms with Gasteiger partial charge in [-0.3, -0.25) is 19.6 Å². The highest BCUT2D eigenvalue weighted by atomic mass is 19.2. The zero-order valence-corrected chi connectivity index (χ0v) is 11.7. The lowest BCUT2D eigenvalue weighted by atomic mass is 10.1. The van der Waals surface area contributed by atoms with E-state index >= 15 is 0 Å². The molecule has 6 nitrogen and oxygen atoms in total. The highest BCUT2D eigenvalue weighted by molar-refractivity contribution is 6.08. The van der Waals surface area contributed by atoms with Crippen molar-refractivity contribution in [3.8, 4) is 0 Å². The van der Waals surface area contributed by atoms with Gasteiger partial charge in [0, 0.05) is 7.05 Å². The van der Waals surface area contributed by atoms with Gasteiger partial charge < -0.3 is 0 Å². The lowest BCUT2D eigenvalue weighted by molar-refractivity contribution is -0.385. The van der Waals surface area contributed by atoms with E-state index in [1.165, 1.54) is 7.05 Å². The number of allylic oxidation sites excluding steroid dienone is 1. The monoisotopic (exact) mass is 347 g/mol. The number of halogens is 5. The first-order chi connectivity index (χ1) is 11.1. The molecule has 0 aliphatic heterocycles. The van der Waals surface area contributed by atoms with Crippen molar-refractivity contribution in [2.45, 2.75) is 0 Å². The van der Waals surface area contributed by atoms with Gasteiger partial charge in [0.05, 0.1) is 10.5 Å². The molecule has 0 N–H and O–H groups in total. The van der Waals surface area contributed by atoms with Crippen LogP contribution in [0.25, 0.3) is 6.08 Å². The molecule has 11 heteroatoms. The molecule has 1 heterocycles. The molecule has 2 rings (SSSR count). The standard InChI is InChI=1S/C13H6F5N3O3/c1-20-4-6(21(23)24)13(19-20)7(22)3-2-5-8(14)10(16)12(18)11(17)9(5)15/h2-4H,1H3/b3-2+. The molecule has 0 spiro atoms. The number of carbonyl (C=O) groups excluding carboxylic acids is 1. The fraction of sp³-hybridized carbons (Fsp3) is 0.0769. The van der Waals surface area contributed by atoms with Crippen LogP contribution in [0.3, 0.4) is 0 Å². The van der Waals surface area contributed by atoms with Crippen LogP contribution in [-0.4, -0.2) is 20.5 Å². The molecule has 1 aromatic heterocycles. The minimum atomic E-state index is -2.34. The van der Waals surface area contributed by atoms with Crippen LogP contribution in [0.15, 0.2) is 12.3 Å². The highest BCUT2D eigenvalue weighted by Gasteiger charge is 2.26. The molecule has 2 aromatic rings.